The highest BCUT2D eigenvalue weighted by Crippen LogP contribution is 2.21. The molecular formula is C6H15N3. The van der Waals surface area contributed by atoms with Crippen LogP contribution in [0.5, 0.6) is 0 Å². The third-order valence-corrected chi connectivity index (χ3v) is 2.20. The zero-order valence-electron chi connectivity index (χ0n) is 5.69. The SMILES string of the molecule is NCC1(CN)CCNC1. The minimum atomic E-state index is 0.222. The Morgan fingerprint density at radius 1 is 1.33 bits per heavy atom. The van der Waals surface area contributed by atoms with E-state index in [-0.39, 0.29) is 5.41 Å². The maximum atomic E-state index is 5.56. The lowest BCUT2D eigenvalue weighted by atomic mass is 9.88. The van der Waals surface area contributed by atoms with Crippen molar-refractivity contribution in [1.82, 2.24) is 5.32 Å². The highest BCUT2D eigenvalue weighted by molar-refractivity contribution is 4.89. The van der Waals surface area contributed by atoms with Crippen LogP contribution >= 0.6 is 0 Å². The van der Waals surface area contributed by atoms with Crippen LogP contribution in [-0.4, -0.2) is 26.2 Å². The predicted octanol–water partition coefficient (Wildman–Crippen LogP) is -1.12. The molecule has 1 aliphatic heterocycles. The molecule has 0 atom stereocenters. The van der Waals surface area contributed by atoms with E-state index in [1.807, 2.05) is 0 Å². The molecule has 0 aromatic rings. The molecule has 1 fully saturated rings. The summed E-state index contributed by atoms with van der Waals surface area (Å²) < 4.78 is 0. The van der Waals surface area contributed by atoms with E-state index in [1.54, 1.807) is 0 Å². The van der Waals surface area contributed by atoms with Crippen molar-refractivity contribution in [2.75, 3.05) is 26.2 Å². The second-order valence-electron chi connectivity index (χ2n) is 2.84. The van der Waals surface area contributed by atoms with Crippen LogP contribution in [0.2, 0.25) is 0 Å². The van der Waals surface area contributed by atoms with Crippen molar-refractivity contribution in [3.8, 4) is 0 Å². The second kappa shape index (κ2) is 2.64. The summed E-state index contributed by atoms with van der Waals surface area (Å²) in [7, 11) is 0. The van der Waals surface area contributed by atoms with Gasteiger partial charge < -0.3 is 16.8 Å². The van der Waals surface area contributed by atoms with Crippen LogP contribution in [0.25, 0.3) is 0 Å². The molecule has 0 aromatic heterocycles. The predicted molar refractivity (Wildman–Crippen MR) is 38.0 cm³/mol. The molecule has 0 amide bonds. The van der Waals surface area contributed by atoms with E-state index >= 15 is 0 Å². The summed E-state index contributed by atoms with van der Waals surface area (Å²) in [5, 5.41) is 3.26. The molecule has 0 radical (unpaired) electrons. The van der Waals surface area contributed by atoms with Gasteiger partial charge in [-0.25, -0.2) is 0 Å². The van der Waals surface area contributed by atoms with E-state index in [0.717, 1.165) is 32.6 Å². The van der Waals surface area contributed by atoms with Gasteiger partial charge in [-0.3, -0.25) is 0 Å². The summed E-state index contributed by atoms with van der Waals surface area (Å²) in [5.41, 5.74) is 11.3. The molecule has 1 rings (SSSR count). The first-order valence-electron chi connectivity index (χ1n) is 3.44. The normalized spacial score (nSPS) is 24.7. The molecule has 0 unspecified atom stereocenters. The van der Waals surface area contributed by atoms with Gasteiger partial charge in [0.1, 0.15) is 0 Å². The van der Waals surface area contributed by atoms with Gasteiger partial charge in [0, 0.05) is 25.0 Å². The fourth-order valence-electron chi connectivity index (χ4n) is 1.23. The molecule has 1 saturated heterocycles. The summed E-state index contributed by atoms with van der Waals surface area (Å²) in [6.07, 6.45) is 1.14. The van der Waals surface area contributed by atoms with Gasteiger partial charge in [-0.05, 0) is 13.0 Å². The van der Waals surface area contributed by atoms with Crippen molar-refractivity contribution < 1.29 is 0 Å². The topological polar surface area (TPSA) is 64.1 Å². The largest absolute Gasteiger partial charge is 0.330 e. The molecule has 3 heteroatoms. The molecule has 3 nitrogen and oxygen atoms in total. The number of nitrogens with one attached hydrogen (secondary N) is 1. The number of hydrogen-bond donors (Lipinski definition) is 3. The van der Waals surface area contributed by atoms with Crippen LogP contribution in [0, 0.1) is 5.41 Å². The minimum absolute atomic E-state index is 0.222. The Hall–Kier alpha value is -0.120. The molecule has 1 aliphatic rings. The van der Waals surface area contributed by atoms with Crippen molar-refractivity contribution in [1.29, 1.82) is 0 Å². The molecule has 0 aromatic carbocycles. The summed E-state index contributed by atoms with van der Waals surface area (Å²) in [4.78, 5) is 0. The molecule has 54 valence electrons. The Labute approximate surface area is 55.8 Å². The first-order chi connectivity index (χ1) is 4.33. The average molecular weight is 129 g/mol. The van der Waals surface area contributed by atoms with Crippen LogP contribution in [-0.2, 0) is 0 Å². The lowest BCUT2D eigenvalue weighted by Crippen LogP contribution is -2.39. The standard InChI is InChI=1S/C6H15N3/c7-3-6(4-8)1-2-9-5-6/h9H,1-5,7-8H2. The first-order valence-corrected chi connectivity index (χ1v) is 3.44. The van der Waals surface area contributed by atoms with Crippen molar-refractivity contribution >= 4 is 0 Å². The van der Waals surface area contributed by atoms with E-state index in [0.29, 0.717) is 0 Å². The molecule has 1 heterocycles. The number of nitrogens with two attached hydrogens (primary N) is 2. The fraction of sp³-hybridized carbons (Fsp3) is 1.00. The third kappa shape index (κ3) is 1.23. The molecular weight excluding hydrogens is 114 g/mol. The summed E-state index contributed by atoms with van der Waals surface area (Å²) in [6.45, 7) is 3.52. The Balaban J connectivity index is 2.45. The average Bonchev–Trinajstić information content (AvgIpc) is 2.36. The van der Waals surface area contributed by atoms with Gasteiger partial charge in [0.25, 0.3) is 0 Å². The third-order valence-electron chi connectivity index (χ3n) is 2.20. The van der Waals surface area contributed by atoms with Gasteiger partial charge in [-0.2, -0.15) is 0 Å². The molecule has 0 aliphatic carbocycles. The van der Waals surface area contributed by atoms with Crippen molar-refractivity contribution in [3.63, 3.8) is 0 Å². The summed E-state index contributed by atoms with van der Waals surface area (Å²) >= 11 is 0. The Bertz CT molecular complexity index is 80.3. The van der Waals surface area contributed by atoms with Gasteiger partial charge in [0.05, 0.1) is 0 Å². The van der Waals surface area contributed by atoms with Gasteiger partial charge in [0.15, 0.2) is 0 Å². The van der Waals surface area contributed by atoms with E-state index in [2.05, 4.69) is 5.32 Å². The first kappa shape index (κ1) is 6.99. The van der Waals surface area contributed by atoms with Crippen LogP contribution in [0.15, 0.2) is 0 Å². The monoisotopic (exact) mass is 129 g/mol. The zero-order valence-corrected chi connectivity index (χ0v) is 5.69. The smallest absolute Gasteiger partial charge is 0.00848 e. The highest BCUT2D eigenvalue weighted by atomic mass is 14.9. The van der Waals surface area contributed by atoms with E-state index in [4.69, 9.17) is 11.5 Å². The zero-order chi connectivity index (χ0) is 6.74. The Morgan fingerprint density at radius 2 is 2.00 bits per heavy atom. The molecule has 0 bridgehead atoms. The van der Waals surface area contributed by atoms with Gasteiger partial charge in [-0.15, -0.1) is 0 Å². The fourth-order valence-corrected chi connectivity index (χ4v) is 1.23. The quantitative estimate of drug-likeness (QED) is 0.442. The van der Waals surface area contributed by atoms with Crippen molar-refractivity contribution in [3.05, 3.63) is 0 Å². The number of hydrogen-bond acceptors (Lipinski definition) is 3. The minimum Gasteiger partial charge on any atom is -0.330 e. The van der Waals surface area contributed by atoms with Crippen LogP contribution in [0.1, 0.15) is 6.42 Å². The Kier molecular flexibility index (Phi) is 2.05. The second-order valence-corrected chi connectivity index (χ2v) is 2.84. The molecule has 5 N–H and O–H groups in total. The van der Waals surface area contributed by atoms with E-state index < -0.39 is 0 Å². The van der Waals surface area contributed by atoms with E-state index in [1.165, 1.54) is 0 Å². The van der Waals surface area contributed by atoms with Crippen molar-refractivity contribution in [2.45, 2.75) is 6.42 Å². The molecule has 0 saturated carbocycles. The molecule has 9 heavy (non-hydrogen) atoms. The van der Waals surface area contributed by atoms with Crippen LogP contribution in [0.4, 0.5) is 0 Å². The van der Waals surface area contributed by atoms with E-state index in [9.17, 15) is 0 Å². The van der Waals surface area contributed by atoms with Crippen LogP contribution in [0.3, 0.4) is 0 Å². The molecule has 0 spiro atoms. The lowest BCUT2D eigenvalue weighted by Gasteiger charge is -2.23. The maximum Gasteiger partial charge on any atom is 0.00848 e. The van der Waals surface area contributed by atoms with Gasteiger partial charge >= 0.3 is 0 Å². The Morgan fingerprint density at radius 3 is 2.22 bits per heavy atom. The summed E-state index contributed by atoms with van der Waals surface area (Å²) in [6, 6.07) is 0. The number of rotatable bonds is 2. The van der Waals surface area contributed by atoms with Crippen molar-refractivity contribution in [2.24, 2.45) is 16.9 Å². The highest BCUT2D eigenvalue weighted by Gasteiger charge is 2.30. The van der Waals surface area contributed by atoms with Gasteiger partial charge in [-0.1, -0.05) is 0 Å². The van der Waals surface area contributed by atoms with Crippen LogP contribution < -0.4 is 16.8 Å². The lowest BCUT2D eigenvalue weighted by molar-refractivity contribution is 0.348. The summed E-state index contributed by atoms with van der Waals surface area (Å²) in [5.74, 6) is 0. The van der Waals surface area contributed by atoms with Gasteiger partial charge in [0.2, 0.25) is 0 Å². The maximum absolute atomic E-state index is 5.56.